The zero-order valence-corrected chi connectivity index (χ0v) is 14.5. The number of nitrogens with one attached hydrogen (secondary N) is 2. The Bertz CT molecular complexity index is 907. The van der Waals surface area contributed by atoms with E-state index in [0.29, 0.717) is 16.7 Å². The Balaban J connectivity index is 1.54. The lowest BCUT2D eigenvalue weighted by atomic mass is 10.2. The molecule has 0 aromatic carbocycles. The van der Waals surface area contributed by atoms with E-state index in [4.69, 9.17) is 0 Å². The van der Waals surface area contributed by atoms with Gasteiger partial charge in [-0.15, -0.1) is 16.4 Å². The monoisotopic (exact) mass is 341 g/mol. The number of thiophene rings is 1. The fraction of sp³-hybridized carbons (Fsp3) is 0.353. The summed E-state index contributed by atoms with van der Waals surface area (Å²) in [7, 11) is 0. The molecule has 6 nitrogen and oxygen atoms in total. The van der Waals surface area contributed by atoms with E-state index in [9.17, 15) is 4.79 Å². The maximum Gasteiger partial charge on any atom is 0.266 e. The molecule has 0 spiro atoms. The molecular formula is C17H19N5OS. The second-order valence-corrected chi connectivity index (χ2v) is 7.26. The van der Waals surface area contributed by atoms with Crippen LogP contribution in [0.3, 0.4) is 0 Å². The summed E-state index contributed by atoms with van der Waals surface area (Å²) < 4.78 is 1.74. The van der Waals surface area contributed by atoms with Crippen molar-refractivity contribution in [1.82, 2.24) is 19.9 Å². The number of amides is 1. The van der Waals surface area contributed by atoms with Gasteiger partial charge in [0.15, 0.2) is 11.5 Å². The minimum atomic E-state index is -0.123. The molecule has 3 aromatic heterocycles. The molecule has 0 bridgehead atoms. The molecule has 4 heterocycles. The van der Waals surface area contributed by atoms with Gasteiger partial charge in [-0.2, -0.15) is 0 Å². The fourth-order valence-corrected chi connectivity index (χ4v) is 4.13. The molecule has 4 rings (SSSR count). The van der Waals surface area contributed by atoms with Crippen LogP contribution in [0.5, 0.6) is 0 Å². The number of nitrogens with zero attached hydrogens (tertiary/aromatic N) is 3. The number of carbonyl (C=O) groups excluding carboxylic acids is 1. The Morgan fingerprint density at radius 3 is 3.04 bits per heavy atom. The number of aromatic nitrogens is 3. The number of hydrogen-bond donors (Lipinski definition) is 2. The summed E-state index contributed by atoms with van der Waals surface area (Å²) in [5, 5.41) is 10.8. The van der Waals surface area contributed by atoms with Gasteiger partial charge in [-0.05, 0) is 51.4 Å². The largest absolute Gasteiger partial charge is 0.309 e. The Kier molecular flexibility index (Phi) is 3.82. The molecule has 124 valence electrons. The topological polar surface area (TPSA) is 71.3 Å². The van der Waals surface area contributed by atoms with Crippen LogP contribution in [-0.2, 0) is 0 Å². The Morgan fingerprint density at radius 2 is 2.25 bits per heavy atom. The quantitative estimate of drug-likeness (QED) is 0.768. The highest BCUT2D eigenvalue weighted by atomic mass is 32.1. The van der Waals surface area contributed by atoms with Crippen LogP contribution in [0.2, 0.25) is 0 Å². The van der Waals surface area contributed by atoms with E-state index in [2.05, 4.69) is 20.7 Å². The van der Waals surface area contributed by atoms with Crippen LogP contribution < -0.4 is 10.6 Å². The molecule has 0 radical (unpaired) electrons. The van der Waals surface area contributed by atoms with Gasteiger partial charge in [-0.3, -0.25) is 4.79 Å². The summed E-state index contributed by atoms with van der Waals surface area (Å²) >= 11 is 1.55. The molecule has 7 heteroatoms. The van der Waals surface area contributed by atoms with Crippen molar-refractivity contribution in [3.63, 3.8) is 0 Å². The first-order valence-electron chi connectivity index (χ1n) is 8.08. The molecular weight excluding hydrogens is 322 g/mol. The summed E-state index contributed by atoms with van der Waals surface area (Å²) in [6.45, 7) is 4.97. The molecule has 1 saturated heterocycles. The molecule has 1 fully saturated rings. The SMILES string of the molecule is Cc1cc(C)n2nc(NC(=O)c3ccc(C4CCCN4)s3)cc2n1. The van der Waals surface area contributed by atoms with E-state index in [-0.39, 0.29) is 5.91 Å². The summed E-state index contributed by atoms with van der Waals surface area (Å²) in [6, 6.07) is 8.08. The van der Waals surface area contributed by atoms with Crippen molar-refractivity contribution in [2.75, 3.05) is 11.9 Å². The number of fused-ring (bicyclic) bond motifs is 1. The zero-order chi connectivity index (χ0) is 16.7. The molecule has 1 unspecified atom stereocenters. The third-order valence-electron chi connectivity index (χ3n) is 4.23. The van der Waals surface area contributed by atoms with Crippen molar-refractivity contribution < 1.29 is 4.79 Å². The number of anilines is 1. The Morgan fingerprint density at radius 1 is 1.38 bits per heavy atom. The van der Waals surface area contributed by atoms with Gasteiger partial charge in [-0.1, -0.05) is 0 Å². The maximum absolute atomic E-state index is 12.5. The molecule has 24 heavy (non-hydrogen) atoms. The van der Waals surface area contributed by atoms with Gasteiger partial charge >= 0.3 is 0 Å². The molecule has 0 saturated carbocycles. The van der Waals surface area contributed by atoms with Crippen molar-refractivity contribution in [3.8, 4) is 0 Å². The first-order chi connectivity index (χ1) is 11.6. The lowest BCUT2D eigenvalue weighted by Crippen LogP contribution is -2.12. The van der Waals surface area contributed by atoms with E-state index < -0.39 is 0 Å². The molecule has 1 amide bonds. The first-order valence-corrected chi connectivity index (χ1v) is 8.90. The summed E-state index contributed by atoms with van der Waals surface area (Å²) in [5.74, 6) is 0.400. The normalized spacial score (nSPS) is 17.5. The summed E-state index contributed by atoms with van der Waals surface area (Å²) in [4.78, 5) is 18.8. The average Bonchev–Trinajstić information content (AvgIpc) is 3.26. The Hall–Kier alpha value is -2.25. The standard InChI is InChI=1S/C17H19N5OS/c1-10-8-11(2)22-16(19-10)9-15(21-22)20-17(23)14-6-5-13(24-14)12-4-3-7-18-12/h5-6,8-9,12,18H,3-4,7H2,1-2H3,(H,20,21,23). The van der Waals surface area contributed by atoms with Gasteiger partial charge in [-0.25, -0.2) is 9.50 Å². The second-order valence-electron chi connectivity index (χ2n) is 6.14. The van der Waals surface area contributed by atoms with Crippen LogP contribution in [0.25, 0.3) is 5.65 Å². The minimum absolute atomic E-state index is 0.123. The smallest absolute Gasteiger partial charge is 0.266 e. The van der Waals surface area contributed by atoms with Crippen LogP contribution in [0.15, 0.2) is 24.3 Å². The minimum Gasteiger partial charge on any atom is -0.309 e. The van der Waals surface area contributed by atoms with Crippen LogP contribution in [0.4, 0.5) is 5.82 Å². The lowest BCUT2D eigenvalue weighted by Gasteiger charge is -2.05. The van der Waals surface area contributed by atoms with E-state index in [1.54, 1.807) is 21.9 Å². The van der Waals surface area contributed by atoms with Gasteiger partial charge in [0.05, 0.1) is 4.88 Å². The molecule has 2 N–H and O–H groups in total. The molecule has 3 aromatic rings. The summed E-state index contributed by atoms with van der Waals surface area (Å²) in [6.07, 6.45) is 2.33. The van der Waals surface area contributed by atoms with Crippen molar-refractivity contribution in [3.05, 3.63) is 45.4 Å². The van der Waals surface area contributed by atoms with Gasteiger partial charge in [0.2, 0.25) is 0 Å². The van der Waals surface area contributed by atoms with Crippen LogP contribution >= 0.6 is 11.3 Å². The van der Waals surface area contributed by atoms with Gasteiger partial charge in [0, 0.05) is 28.4 Å². The highest BCUT2D eigenvalue weighted by Gasteiger charge is 2.20. The van der Waals surface area contributed by atoms with E-state index in [1.807, 2.05) is 32.0 Å². The van der Waals surface area contributed by atoms with Crippen molar-refractivity contribution in [2.24, 2.45) is 0 Å². The Labute approximate surface area is 143 Å². The fourth-order valence-electron chi connectivity index (χ4n) is 3.12. The van der Waals surface area contributed by atoms with Crippen molar-refractivity contribution >= 4 is 28.7 Å². The van der Waals surface area contributed by atoms with E-state index in [1.165, 1.54) is 11.3 Å². The first kappa shape index (κ1) is 15.3. The van der Waals surface area contributed by atoms with E-state index in [0.717, 1.165) is 30.0 Å². The number of hydrogen-bond acceptors (Lipinski definition) is 5. The van der Waals surface area contributed by atoms with Gasteiger partial charge in [0.1, 0.15) is 0 Å². The van der Waals surface area contributed by atoms with Crippen molar-refractivity contribution in [2.45, 2.75) is 32.7 Å². The third-order valence-corrected chi connectivity index (χ3v) is 5.43. The van der Waals surface area contributed by atoms with E-state index >= 15 is 0 Å². The predicted molar refractivity (Wildman–Crippen MR) is 94.7 cm³/mol. The molecule has 1 aliphatic rings. The predicted octanol–water partition coefficient (Wildman–Crippen LogP) is 3.08. The van der Waals surface area contributed by atoms with Gasteiger partial charge in [0.25, 0.3) is 5.91 Å². The average molecular weight is 341 g/mol. The molecule has 1 aliphatic heterocycles. The number of aryl methyl sites for hydroxylation is 2. The summed E-state index contributed by atoms with van der Waals surface area (Å²) in [5.41, 5.74) is 2.67. The van der Waals surface area contributed by atoms with Crippen molar-refractivity contribution in [1.29, 1.82) is 0 Å². The van der Waals surface area contributed by atoms with Crippen LogP contribution in [0, 0.1) is 13.8 Å². The highest BCUT2D eigenvalue weighted by Crippen LogP contribution is 2.29. The highest BCUT2D eigenvalue weighted by molar-refractivity contribution is 7.14. The molecule has 0 aliphatic carbocycles. The second kappa shape index (κ2) is 5.99. The number of rotatable bonds is 3. The zero-order valence-electron chi connectivity index (χ0n) is 13.7. The lowest BCUT2D eigenvalue weighted by molar-refractivity contribution is 0.103. The van der Waals surface area contributed by atoms with Crippen LogP contribution in [-0.4, -0.2) is 27.0 Å². The molecule has 1 atom stereocenters. The number of carbonyl (C=O) groups is 1. The van der Waals surface area contributed by atoms with Gasteiger partial charge < -0.3 is 10.6 Å². The third kappa shape index (κ3) is 2.81. The maximum atomic E-state index is 12.5. The van der Waals surface area contributed by atoms with Crippen LogP contribution in [0.1, 0.15) is 44.8 Å².